The van der Waals surface area contributed by atoms with E-state index < -0.39 is 0 Å². The lowest BCUT2D eigenvalue weighted by Gasteiger charge is -2.15. The quantitative estimate of drug-likeness (QED) is 0.208. The van der Waals surface area contributed by atoms with Crippen molar-refractivity contribution in [3.63, 3.8) is 0 Å². The van der Waals surface area contributed by atoms with E-state index >= 15 is 0 Å². The third-order valence-corrected chi connectivity index (χ3v) is 4.89. The fourth-order valence-electron chi connectivity index (χ4n) is 3.21. The summed E-state index contributed by atoms with van der Waals surface area (Å²) < 4.78 is 0. The van der Waals surface area contributed by atoms with Gasteiger partial charge in [0.2, 0.25) is 5.91 Å². The Morgan fingerprint density at radius 2 is 1.35 bits per heavy atom. The lowest BCUT2D eigenvalue weighted by Crippen LogP contribution is -2.37. The number of carbonyl (C=O) groups excluding carboxylic acids is 1. The van der Waals surface area contributed by atoms with E-state index in [-0.39, 0.29) is 18.6 Å². The monoisotopic (exact) mass is 367 g/mol. The van der Waals surface area contributed by atoms with Gasteiger partial charge in [-0.05, 0) is 38.5 Å². The zero-order valence-electron chi connectivity index (χ0n) is 17.6. The molecule has 1 amide bonds. The summed E-state index contributed by atoms with van der Waals surface area (Å²) in [5, 5.41) is 12.1. The van der Waals surface area contributed by atoms with Crippen LogP contribution in [-0.4, -0.2) is 23.7 Å². The Balaban J connectivity index is 3.29. The van der Waals surface area contributed by atoms with Gasteiger partial charge in [-0.1, -0.05) is 83.8 Å². The number of nitrogens with one attached hydrogen (secondary N) is 1. The number of rotatable bonds is 19. The van der Waals surface area contributed by atoms with Crippen LogP contribution in [-0.2, 0) is 4.79 Å². The summed E-state index contributed by atoms with van der Waals surface area (Å²) in [5.41, 5.74) is 0. The molecule has 0 aromatic carbocycles. The van der Waals surface area contributed by atoms with Gasteiger partial charge in [-0.15, -0.1) is 0 Å². The van der Waals surface area contributed by atoms with Gasteiger partial charge in [-0.2, -0.15) is 0 Å². The van der Waals surface area contributed by atoms with Crippen LogP contribution in [0.15, 0.2) is 12.2 Å². The summed E-state index contributed by atoms with van der Waals surface area (Å²) in [5.74, 6) is 0.0975. The summed E-state index contributed by atoms with van der Waals surface area (Å²) >= 11 is 0. The predicted molar refractivity (Wildman–Crippen MR) is 113 cm³/mol. The first kappa shape index (κ1) is 25.2. The molecule has 154 valence electrons. The second kappa shape index (κ2) is 20.5. The summed E-state index contributed by atoms with van der Waals surface area (Å²) in [6, 6.07) is -0.0568. The van der Waals surface area contributed by atoms with Crippen LogP contribution < -0.4 is 5.32 Å². The first-order valence-corrected chi connectivity index (χ1v) is 11.3. The Morgan fingerprint density at radius 3 is 1.88 bits per heavy atom. The molecule has 0 aromatic rings. The Labute approximate surface area is 163 Å². The summed E-state index contributed by atoms with van der Waals surface area (Å²) in [7, 11) is 0. The zero-order valence-corrected chi connectivity index (χ0v) is 17.6. The molecule has 0 aromatic heterocycles. The SMILES string of the molecule is CCCCCC=CCCCCCCCCCCC(=O)NC(CO)CCC. The predicted octanol–water partition coefficient (Wildman–Crippen LogP) is 6.30. The Kier molecular flexibility index (Phi) is 19.8. The average molecular weight is 368 g/mol. The van der Waals surface area contributed by atoms with E-state index in [4.69, 9.17) is 0 Å². The zero-order chi connectivity index (χ0) is 19.3. The topological polar surface area (TPSA) is 49.3 Å². The Bertz CT molecular complexity index is 328. The molecular weight excluding hydrogens is 322 g/mol. The number of amides is 1. The van der Waals surface area contributed by atoms with Crippen LogP contribution in [0.5, 0.6) is 0 Å². The molecule has 0 heterocycles. The van der Waals surface area contributed by atoms with E-state index in [0.717, 1.165) is 25.7 Å². The molecule has 0 rings (SSSR count). The van der Waals surface area contributed by atoms with Gasteiger partial charge in [0.25, 0.3) is 0 Å². The third kappa shape index (κ3) is 18.0. The van der Waals surface area contributed by atoms with Crippen molar-refractivity contribution < 1.29 is 9.90 Å². The van der Waals surface area contributed by atoms with Crippen LogP contribution in [0.2, 0.25) is 0 Å². The maximum Gasteiger partial charge on any atom is 0.220 e. The molecule has 2 N–H and O–H groups in total. The van der Waals surface area contributed by atoms with E-state index in [0.29, 0.717) is 6.42 Å². The molecule has 0 aliphatic rings. The number of hydrogen-bond donors (Lipinski definition) is 2. The highest BCUT2D eigenvalue weighted by atomic mass is 16.3. The third-order valence-electron chi connectivity index (χ3n) is 4.89. The molecule has 0 saturated carbocycles. The van der Waals surface area contributed by atoms with Gasteiger partial charge in [-0.25, -0.2) is 0 Å². The van der Waals surface area contributed by atoms with Crippen LogP contribution in [0.3, 0.4) is 0 Å². The number of allylic oxidation sites excluding steroid dienone is 2. The van der Waals surface area contributed by atoms with Gasteiger partial charge in [0, 0.05) is 6.42 Å². The normalized spacial score (nSPS) is 12.6. The minimum atomic E-state index is -0.0568. The molecule has 0 saturated heterocycles. The van der Waals surface area contributed by atoms with E-state index in [1.54, 1.807) is 0 Å². The fourth-order valence-corrected chi connectivity index (χ4v) is 3.21. The van der Waals surface area contributed by atoms with Crippen molar-refractivity contribution in [1.29, 1.82) is 0 Å². The van der Waals surface area contributed by atoms with Crippen molar-refractivity contribution in [3.05, 3.63) is 12.2 Å². The molecule has 0 radical (unpaired) electrons. The Hall–Kier alpha value is -0.830. The maximum absolute atomic E-state index is 11.8. The minimum Gasteiger partial charge on any atom is -0.394 e. The second-order valence-electron chi connectivity index (χ2n) is 7.57. The van der Waals surface area contributed by atoms with Gasteiger partial charge < -0.3 is 10.4 Å². The number of aliphatic hydroxyl groups excluding tert-OH is 1. The molecule has 0 spiro atoms. The van der Waals surface area contributed by atoms with Gasteiger partial charge in [0.05, 0.1) is 12.6 Å². The molecular formula is C23H45NO2. The average Bonchev–Trinajstić information content (AvgIpc) is 2.64. The number of unbranched alkanes of at least 4 members (excludes halogenated alkanes) is 11. The molecule has 3 heteroatoms. The van der Waals surface area contributed by atoms with Crippen molar-refractivity contribution in [1.82, 2.24) is 5.32 Å². The smallest absolute Gasteiger partial charge is 0.220 e. The van der Waals surface area contributed by atoms with Crippen LogP contribution in [0, 0.1) is 0 Å². The minimum absolute atomic E-state index is 0.0498. The van der Waals surface area contributed by atoms with E-state index in [2.05, 4.69) is 31.3 Å². The van der Waals surface area contributed by atoms with E-state index in [1.165, 1.54) is 70.6 Å². The summed E-state index contributed by atoms with van der Waals surface area (Å²) in [6.07, 6.45) is 23.7. The molecule has 0 aliphatic carbocycles. The molecule has 0 bridgehead atoms. The lowest BCUT2D eigenvalue weighted by molar-refractivity contribution is -0.122. The molecule has 26 heavy (non-hydrogen) atoms. The number of aliphatic hydroxyl groups is 1. The first-order chi connectivity index (χ1) is 12.7. The first-order valence-electron chi connectivity index (χ1n) is 11.3. The van der Waals surface area contributed by atoms with Gasteiger partial charge in [0.1, 0.15) is 0 Å². The van der Waals surface area contributed by atoms with Crippen molar-refractivity contribution >= 4 is 5.91 Å². The van der Waals surface area contributed by atoms with Crippen molar-refractivity contribution in [3.8, 4) is 0 Å². The number of carbonyl (C=O) groups is 1. The van der Waals surface area contributed by atoms with Crippen molar-refractivity contribution in [2.24, 2.45) is 0 Å². The van der Waals surface area contributed by atoms with Gasteiger partial charge in [-0.3, -0.25) is 4.79 Å². The molecule has 0 fully saturated rings. The van der Waals surface area contributed by atoms with Crippen LogP contribution in [0.1, 0.15) is 117 Å². The molecule has 1 atom stereocenters. The summed E-state index contributed by atoms with van der Waals surface area (Å²) in [4.78, 5) is 11.8. The standard InChI is InChI=1S/C23H45NO2/c1-3-5-6-7-8-9-10-11-12-13-14-15-16-17-18-20-23(26)24-22(21-25)19-4-2/h8-9,22,25H,3-7,10-21H2,1-2H3,(H,24,26). The fraction of sp³-hybridized carbons (Fsp3) is 0.870. The van der Waals surface area contributed by atoms with Crippen LogP contribution >= 0.6 is 0 Å². The molecule has 3 nitrogen and oxygen atoms in total. The summed E-state index contributed by atoms with van der Waals surface area (Å²) in [6.45, 7) is 4.37. The Morgan fingerprint density at radius 1 is 0.808 bits per heavy atom. The highest BCUT2D eigenvalue weighted by Gasteiger charge is 2.09. The number of hydrogen-bond acceptors (Lipinski definition) is 2. The highest BCUT2D eigenvalue weighted by Crippen LogP contribution is 2.11. The van der Waals surface area contributed by atoms with E-state index in [9.17, 15) is 9.90 Å². The highest BCUT2D eigenvalue weighted by molar-refractivity contribution is 5.76. The second-order valence-corrected chi connectivity index (χ2v) is 7.57. The lowest BCUT2D eigenvalue weighted by atomic mass is 10.1. The van der Waals surface area contributed by atoms with Gasteiger partial charge in [0.15, 0.2) is 0 Å². The van der Waals surface area contributed by atoms with Gasteiger partial charge >= 0.3 is 0 Å². The molecule has 0 aliphatic heterocycles. The van der Waals surface area contributed by atoms with Crippen molar-refractivity contribution in [2.75, 3.05) is 6.61 Å². The largest absolute Gasteiger partial charge is 0.394 e. The van der Waals surface area contributed by atoms with Crippen LogP contribution in [0.4, 0.5) is 0 Å². The van der Waals surface area contributed by atoms with Crippen LogP contribution in [0.25, 0.3) is 0 Å². The molecule has 1 unspecified atom stereocenters. The van der Waals surface area contributed by atoms with Crippen molar-refractivity contribution in [2.45, 2.75) is 123 Å². The van der Waals surface area contributed by atoms with E-state index in [1.807, 2.05) is 0 Å². The maximum atomic E-state index is 11.8.